The predicted molar refractivity (Wildman–Crippen MR) is 77.1 cm³/mol. The molecule has 0 saturated carbocycles. The van der Waals surface area contributed by atoms with E-state index in [2.05, 4.69) is 25.1 Å². The van der Waals surface area contributed by atoms with E-state index in [-0.39, 0.29) is 0 Å². The molecule has 3 aromatic rings. The number of thiophene rings is 1. The number of benzene rings is 2. The van der Waals surface area contributed by atoms with Crippen LogP contribution in [0.25, 0.3) is 10.8 Å². The van der Waals surface area contributed by atoms with Crippen molar-refractivity contribution in [2.24, 2.45) is 0 Å². The van der Waals surface area contributed by atoms with Crippen LogP contribution in [-0.4, -0.2) is 5.11 Å². The third kappa shape index (κ3) is 1.94. The third-order valence-corrected chi connectivity index (χ3v) is 4.20. The fraction of sp³-hybridized carbons (Fsp3) is 0.125. The summed E-state index contributed by atoms with van der Waals surface area (Å²) < 4.78 is 0. The van der Waals surface area contributed by atoms with E-state index < -0.39 is 6.10 Å². The molecular weight excluding hydrogens is 240 g/mol. The highest BCUT2D eigenvalue weighted by atomic mass is 32.1. The van der Waals surface area contributed by atoms with Gasteiger partial charge in [0.25, 0.3) is 0 Å². The van der Waals surface area contributed by atoms with Crippen LogP contribution in [0.4, 0.5) is 0 Å². The topological polar surface area (TPSA) is 20.2 Å². The van der Waals surface area contributed by atoms with Crippen LogP contribution in [-0.2, 0) is 0 Å². The first-order chi connectivity index (χ1) is 8.75. The summed E-state index contributed by atoms with van der Waals surface area (Å²) in [7, 11) is 0. The van der Waals surface area contributed by atoms with Gasteiger partial charge in [-0.05, 0) is 35.4 Å². The standard InChI is InChI=1S/C16H14OS/c1-11-9-10-15(18-11)16(17)14-8-4-6-12-5-2-3-7-13(12)14/h2-10,16-17H,1H3/t16-/m0/s1. The molecule has 0 aliphatic rings. The van der Waals surface area contributed by atoms with E-state index in [0.29, 0.717) is 0 Å². The molecule has 0 aliphatic heterocycles. The van der Waals surface area contributed by atoms with Crippen LogP contribution < -0.4 is 0 Å². The Balaban J connectivity index is 2.14. The van der Waals surface area contributed by atoms with Gasteiger partial charge < -0.3 is 5.11 Å². The van der Waals surface area contributed by atoms with Gasteiger partial charge in [0.1, 0.15) is 6.10 Å². The molecule has 0 amide bonds. The summed E-state index contributed by atoms with van der Waals surface area (Å²) in [6.07, 6.45) is -0.533. The van der Waals surface area contributed by atoms with Gasteiger partial charge in [-0.25, -0.2) is 0 Å². The molecule has 0 saturated heterocycles. The van der Waals surface area contributed by atoms with E-state index in [4.69, 9.17) is 0 Å². The van der Waals surface area contributed by atoms with Crippen LogP contribution in [0.5, 0.6) is 0 Å². The number of aliphatic hydroxyl groups excluding tert-OH is 1. The van der Waals surface area contributed by atoms with E-state index >= 15 is 0 Å². The number of rotatable bonds is 2. The molecule has 2 aromatic carbocycles. The zero-order chi connectivity index (χ0) is 12.5. The molecule has 90 valence electrons. The van der Waals surface area contributed by atoms with Crippen LogP contribution in [0.3, 0.4) is 0 Å². The second-order valence-corrected chi connectivity index (χ2v) is 5.74. The molecule has 18 heavy (non-hydrogen) atoms. The monoisotopic (exact) mass is 254 g/mol. The third-order valence-electron chi connectivity index (χ3n) is 3.15. The number of aryl methyl sites for hydroxylation is 1. The first-order valence-electron chi connectivity index (χ1n) is 5.98. The quantitative estimate of drug-likeness (QED) is 0.723. The van der Waals surface area contributed by atoms with Crippen molar-refractivity contribution in [1.82, 2.24) is 0 Å². The SMILES string of the molecule is Cc1ccc([C@@H](O)c2cccc3ccccc23)s1. The zero-order valence-electron chi connectivity index (χ0n) is 10.1. The van der Waals surface area contributed by atoms with E-state index in [1.54, 1.807) is 11.3 Å². The first-order valence-corrected chi connectivity index (χ1v) is 6.79. The molecule has 0 aliphatic carbocycles. The first kappa shape index (κ1) is 11.5. The largest absolute Gasteiger partial charge is 0.383 e. The highest BCUT2D eigenvalue weighted by Crippen LogP contribution is 2.32. The van der Waals surface area contributed by atoms with Gasteiger partial charge in [-0.15, -0.1) is 11.3 Å². The minimum Gasteiger partial charge on any atom is -0.383 e. The Kier molecular flexibility index (Phi) is 2.90. The van der Waals surface area contributed by atoms with Crippen molar-refractivity contribution in [2.45, 2.75) is 13.0 Å². The van der Waals surface area contributed by atoms with Gasteiger partial charge in [0.05, 0.1) is 0 Å². The van der Waals surface area contributed by atoms with E-state index in [1.807, 2.05) is 36.4 Å². The number of hydrogen-bond donors (Lipinski definition) is 1. The smallest absolute Gasteiger partial charge is 0.114 e. The van der Waals surface area contributed by atoms with Crippen molar-refractivity contribution in [3.63, 3.8) is 0 Å². The Morgan fingerprint density at radius 3 is 2.50 bits per heavy atom. The molecule has 1 heterocycles. The Hall–Kier alpha value is -1.64. The van der Waals surface area contributed by atoms with Crippen molar-refractivity contribution >= 4 is 22.1 Å². The average Bonchev–Trinajstić information content (AvgIpc) is 2.84. The summed E-state index contributed by atoms with van der Waals surface area (Å²) in [5, 5.41) is 12.8. The molecule has 1 N–H and O–H groups in total. The Labute approximate surface area is 110 Å². The van der Waals surface area contributed by atoms with Crippen LogP contribution in [0, 0.1) is 6.92 Å². The van der Waals surface area contributed by atoms with Gasteiger partial charge in [0.15, 0.2) is 0 Å². The predicted octanol–water partition coefficient (Wildman–Crippen LogP) is 4.29. The fourth-order valence-corrected chi connectivity index (χ4v) is 3.13. The number of fused-ring (bicyclic) bond motifs is 1. The minimum absolute atomic E-state index is 0.533. The lowest BCUT2D eigenvalue weighted by Crippen LogP contribution is -1.97. The maximum atomic E-state index is 10.5. The van der Waals surface area contributed by atoms with Crippen molar-refractivity contribution in [2.75, 3.05) is 0 Å². The summed E-state index contributed by atoms with van der Waals surface area (Å²) in [4.78, 5) is 2.23. The molecule has 0 spiro atoms. The fourth-order valence-electron chi connectivity index (χ4n) is 2.24. The molecule has 0 fully saturated rings. The second-order valence-electron chi connectivity index (χ2n) is 4.42. The normalized spacial score (nSPS) is 12.8. The lowest BCUT2D eigenvalue weighted by molar-refractivity contribution is 0.226. The van der Waals surface area contributed by atoms with Crippen molar-refractivity contribution in [1.29, 1.82) is 0 Å². The van der Waals surface area contributed by atoms with Crippen molar-refractivity contribution < 1.29 is 5.11 Å². The summed E-state index contributed by atoms with van der Waals surface area (Å²) in [5.41, 5.74) is 0.981. The van der Waals surface area contributed by atoms with Gasteiger partial charge >= 0.3 is 0 Å². The highest BCUT2D eigenvalue weighted by Gasteiger charge is 2.14. The molecule has 0 radical (unpaired) electrons. The van der Waals surface area contributed by atoms with Crippen LogP contribution in [0.1, 0.15) is 21.4 Å². The molecule has 2 heteroatoms. The molecule has 0 unspecified atom stereocenters. The Morgan fingerprint density at radius 2 is 1.72 bits per heavy atom. The second kappa shape index (κ2) is 4.56. The van der Waals surface area contributed by atoms with Gasteiger partial charge in [-0.3, -0.25) is 0 Å². The molecule has 3 rings (SSSR count). The molecule has 1 aromatic heterocycles. The number of hydrogen-bond acceptors (Lipinski definition) is 2. The van der Waals surface area contributed by atoms with Gasteiger partial charge in [0.2, 0.25) is 0 Å². The van der Waals surface area contributed by atoms with Crippen LogP contribution in [0.2, 0.25) is 0 Å². The minimum atomic E-state index is -0.533. The van der Waals surface area contributed by atoms with Crippen LogP contribution >= 0.6 is 11.3 Å². The maximum Gasteiger partial charge on any atom is 0.114 e. The lowest BCUT2D eigenvalue weighted by atomic mass is 10.00. The summed E-state index contributed by atoms with van der Waals surface area (Å²) in [5.74, 6) is 0. The van der Waals surface area contributed by atoms with Crippen molar-refractivity contribution in [3.05, 3.63) is 69.9 Å². The molecule has 1 nitrogen and oxygen atoms in total. The Morgan fingerprint density at radius 1 is 0.944 bits per heavy atom. The zero-order valence-corrected chi connectivity index (χ0v) is 10.9. The van der Waals surface area contributed by atoms with Gasteiger partial charge in [0, 0.05) is 9.75 Å². The maximum absolute atomic E-state index is 10.5. The van der Waals surface area contributed by atoms with E-state index in [9.17, 15) is 5.11 Å². The Bertz CT molecular complexity index is 679. The summed E-state index contributed by atoms with van der Waals surface area (Å²) >= 11 is 1.65. The number of aliphatic hydroxyl groups is 1. The molecular formula is C16H14OS. The van der Waals surface area contributed by atoms with Gasteiger partial charge in [-0.2, -0.15) is 0 Å². The highest BCUT2D eigenvalue weighted by molar-refractivity contribution is 7.12. The lowest BCUT2D eigenvalue weighted by Gasteiger charge is -2.12. The van der Waals surface area contributed by atoms with Gasteiger partial charge in [-0.1, -0.05) is 42.5 Å². The summed E-state index contributed by atoms with van der Waals surface area (Å²) in [6.45, 7) is 2.06. The average molecular weight is 254 g/mol. The summed E-state index contributed by atoms with van der Waals surface area (Å²) in [6, 6.07) is 18.3. The molecule has 1 atom stereocenters. The van der Waals surface area contributed by atoms with E-state index in [0.717, 1.165) is 15.8 Å². The van der Waals surface area contributed by atoms with Crippen LogP contribution in [0.15, 0.2) is 54.6 Å². The van der Waals surface area contributed by atoms with Crippen molar-refractivity contribution in [3.8, 4) is 0 Å². The van der Waals surface area contributed by atoms with E-state index in [1.165, 1.54) is 10.3 Å². The molecule has 0 bridgehead atoms.